The van der Waals surface area contributed by atoms with Crippen molar-refractivity contribution in [2.24, 2.45) is 0 Å². The topological polar surface area (TPSA) is 52.6 Å². The van der Waals surface area contributed by atoms with Crippen LogP contribution < -0.4 is 10.2 Å². The van der Waals surface area contributed by atoms with E-state index in [0.717, 1.165) is 24.2 Å². The van der Waals surface area contributed by atoms with Gasteiger partial charge in [0.2, 0.25) is 0 Å². The molecule has 0 bridgehead atoms. The van der Waals surface area contributed by atoms with E-state index in [1.165, 1.54) is 0 Å². The summed E-state index contributed by atoms with van der Waals surface area (Å²) in [4.78, 5) is 30.1. The van der Waals surface area contributed by atoms with Gasteiger partial charge in [-0.05, 0) is 74.5 Å². The Morgan fingerprint density at radius 1 is 1.00 bits per heavy atom. The quantitative estimate of drug-likeness (QED) is 0.320. The summed E-state index contributed by atoms with van der Waals surface area (Å²) in [5.41, 5.74) is 2.95. The molecule has 0 fully saturated rings. The summed E-state index contributed by atoms with van der Waals surface area (Å²) >= 11 is 12.9. The van der Waals surface area contributed by atoms with Crippen LogP contribution >= 0.6 is 23.2 Å². The molecule has 0 aliphatic carbocycles. The summed E-state index contributed by atoms with van der Waals surface area (Å²) < 4.78 is 0. The fraction of sp³-hybridized carbons (Fsp3) is 0.259. The summed E-state index contributed by atoms with van der Waals surface area (Å²) in [6.07, 6.45) is 1.55. The van der Waals surface area contributed by atoms with Crippen molar-refractivity contribution >= 4 is 46.4 Å². The molecule has 0 aromatic heterocycles. The number of para-hydroxylation sites is 1. The van der Waals surface area contributed by atoms with Crippen molar-refractivity contribution < 1.29 is 9.59 Å². The molecule has 1 aliphatic heterocycles. The van der Waals surface area contributed by atoms with Crippen LogP contribution in [0.4, 0.5) is 11.4 Å². The van der Waals surface area contributed by atoms with Crippen LogP contribution in [0.15, 0.2) is 72.8 Å². The molecule has 5 nitrogen and oxygen atoms in total. The van der Waals surface area contributed by atoms with Gasteiger partial charge in [0.15, 0.2) is 0 Å². The van der Waals surface area contributed by atoms with E-state index in [9.17, 15) is 9.59 Å². The molecular weight excluding hydrogens is 469 g/mol. The molecule has 176 valence electrons. The highest BCUT2D eigenvalue weighted by atomic mass is 35.5. The second-order valence-corrected chi connectivity index (χ2v) is 9.26. The number of nitrogens with zero attached hydrogens (tertiary/aromatic N) is 2. The second-order valence-electron chi connectivity index (χ2n) is 8.35. The molecule has 1 aliphatic rings. The lowest BCUT2D eigenvalue weighted by Crippen LogP contribution is -2.37. The van der Waals surface area contributed by atoms with Gasteiger partial charge in [-0.2, -0.15) is 0 Å². The minimum absolute atomic E-state index is 0.170. The SMILES string of the molecule is CCN(C)C1CCC(Cl)N(C(=O)c2ccc(NC(=O)c3ccccc3Cl)cc2)c2ccccc21. The van der Waals surface area contributed by atoms with E-state index >= 15 is 0 Å². The Labute approximate surface area is 210 Å². The average Bonchev–Trinajstić information content (AvgIpc) is 3.00. The maximum absolute atomic E-state index is 13.6. The van der Waals surface area contributed by atoms with Gasteiger partial charge in [-0.15, -0.1) is 0 Å². The van der Waals surface area contributed by atoms with E-state index in [1.54, 1.807) is 53.4 Å². The van der Waals surface area contributed by atoms with Gasteiger partial charge in [0, 0.05) is 17.3 Å². The van der Waals surface area contributed by atoms with Crippen molar-refractivity contribution in [3.05, 3.63) is 94.5 Å². The molecule has 3 aromatic rings. The van der Waals surface area contributed by atoms with E-state index in [2.05, 4.69) is 30.3 Å². The number of hydrogen-bond donors (Lipinski definition) is 1. The molecule has 2 amide bonds. The summed E-state index contributed by atoms with van der Waals surface area (Å²) in [6.45, 7) is 3.03. The minimum atomic E-state index is -0.455. The van der Waals surface area contributed by atoms with Gasteiger partial charge in [0.1, 0.15) is 5.50 Å². The second kappa shape index (κ2) is 10.6. The molecule has 34 heavy (non-hydrogen) atoms. The number of carbonyl (C=O) groups is 2. The monoisotopic (exact) mass is 495 g/mol. The third-order valence-electron chi connectivity index (χ3n) is 6.27. The third kappa shape index (κ3) is 4.97. The summed E-state index contributed by atoms with van der Waals surface area (Å²) in [6, 6.07) is 21.9. The zero-order valence-corrected chi connectivity index (χ0v) is 20.7. The van der Waals surface area contributed by atoms with Crippen LogP contribution in [-0.4, -0.2) is 35.8 Å². The first-order valence-corrected chi connectivity index (χ1v) is 12.1. The number of alkyl halides is 1. The molecule has 0 saturated heterocycles. The summed E-state index contributed by atoms with van der Waals surface area (Å²) in [5, 5.41) is 3.21. The van der Waals surface area contributed by atoms with E-state index in [4.69, 9.17) is 23.2 Å². The van der Waals surface area contributed by atoms with Gasteiger partial charge in [-0.25, -0.2) is 0 Å². The molecule has 0 radical (unpaired) electrons. The lowest BCUT2D eigenvalue weighted by molar-refractivity contribution is 0.0982. The maximum Gasteiger partial charge on any atom is 0.259 e. The molecule has 3 aromatic carbocycles. The molecule has 1 heterocycles. The van der Waals surface area contributed by atoms with E-state index < -0.39 is 5.50 Å². The van der Waals surface area contributed by atoms with Crippen molar-refractivity contribution in [2.45, 2.75) is 31.3 Å². The number of halogens is 2. The Kier molecular flexibility index (Phi) is 7.57. The van der Waals surface area contributed by atoms with Crippen molar-refractivity contribution in [1.29, 1.82) is 0 Å². The fourth-order valence-electron chi connectivity index (χ4n) is 4.31. The Morgan fingerprint density at radius 3 is 2.38 bits per heavy atom. The normalized spacial score (nSPS) is 17.7. The number of carbonyl (C=O) groups excluding carboxylic acids is 2. The van der Waals surface area contributed by atoms with Gasteiger partial charge >= 0.3 is 0 Å². The number of rotatable bonds is 5. The first kappa shape index (κ1) is 24.3. The van der Waals surface area contributed by atoms with Crippen LogP contribution in [0.5, 0.6) is 0 Å². The van der Waals surface area contributed by atoms with Crippen molar-refractivity contribution in [2.75, 3.05) is 23.8 Å². The van der Waals surface area contributed by atoms with Gasteiger partial charge < -0.3 is 5.32 Å². The largest absolute Gasteiger partial charge is 0.322 e. The van der Waals surface area contributed by atoms with Crippen molar-refractivity contribution in [1.82, 2.24) is 4.90 Å². The highest BCUT2D eigenvalue weighted by Crippen LogP contribution is 2.39. The highest BCUT2D eigenvalue weighted by molar-refractivity contribution is 6.34. The standard InChI is InChI=1S/C27H27Cl2N3O2/c1-3-31(2)23-16-17-25(29)32(24-11-7-5-9-21(23)24)27(34)18-12-14-19(15-13-18)30-26(33)20-8-4-6-10-22(20)28/h4-15,23,25H,3,16-17H2,1-2H3,(H,30,33). The van der Waals surface area contributed by atoms with Crippen LogP contribution in [0.3, 0.4) is 0 Å². The Hall–Kier alpha value is -2.86. The summed E-state index contributed by atoms with van der Waals surface area (Å²) in [7, 11) is 2.10. The molecule has 0 saturated carbocycles. The van der Waals surface area contributed by atoms with Crippen LogP contribution in [-0.2, 0) is 0 Å². The van der Waals surface area contributed by atoms with Crippen LogP contribution in [0.2, 0.25) is 5.02 Å². The number of benzene rings is 3. The number of fused-ring (bicyclic) bond motifs is 1. The number of amides is 2. The third-order valence-corrected chi connectivity index (χ3v) is 7.01. The smallest absolute Gasteiger partial charge is 0.259 e. The predicted octanol–water partition coefficient (Wildman–Crippen LogP) is 6.59. The Balaban J connectivity index is 1.58. The van der Waals surface area contributed by atoms with E-state index in [1.807, 2.05) is 18.2 Å². The molecule has 2 atom stereocenters. The minimum Gasteiger partial charge on any atom is -0.322 e. The average molecular weight is 496 g/mol. The lowest BCUT2D eigenvalue weighted by atomic mass is 10.0. The van der Waals surface area contributed by atoms with Crippen molar-refractivity contribution in [3.8, 4) is 0 Å². The molecule has 1 N–H and O–H groups in total. The predicted molar refractivity (Wildman–Crippen MR) is 139 cm³/mol. The number of nitrogens with one attached hydrogen (secondary N) is 1. The first-order chi connectivity index (χ1) is 16.4. The molecule has 4 rings (SSSR count). The van der Waals surface area contributed by atoms with Crippen LogP contribution in [0.1, 0.15) is 52.1 Å². The summed E-state index contributed by atoms with van der Waals surface area (Å²) in [5.74, 6) is -0.478. The number of anilines is 2. The number of hydrogen-bond acceptors (Lipinski definition) is 3. The fourth-order valence-corrected chi connectivity index (χ4v) is 4.85. The van der Waals surface area contributed by atoms with Crippen molar-refractivity contribution in [3.63, 3.8) is 0 Å². The lowest BCUT2D eigenvalue weighted by Gasteiger charge is -2.29. The molecule has 7 heteroatoms. The molecule has 2 unspecified atom stereocenters. The van der Waals surface area contributed by atoms with E-state index in [-0.39, 0.29) is 17.9 Å². The maximum atomic E-state index is 13.6. The first-order valence-electron chi connectivity index (χ1n) is 11.3. The molecular formula is C27H27Cl2N3O2. The molecule has 0 spiro atoms. The van der Waals surface area contributed by atoms with Gasteiger partial charge in [0.25, 0.3) is 11.8 Å². The van der Waals surface area contributed by atoms with Gasteiger partial charge in [-0.1, -0.05) is 60.5 Å². The zero-order chi connectivity index (χ0) is 24.2. The van der Waals surface area contributed by atoms with E-state index in [0.29, 0.717) is 28.3 Å². The van der Waals surface area contributed by atoms with Crippen LogP contribution in [0, 0.1) is 0 Å². The Morgan fingerprint density at radius 2 is 1.68 bits per heavy atom. The highest BCUT2D eigenvalue weighted by Gasteiger charge is 2.33. The van der Waals surface area contributed by atoms with Gasteiger partial charge in [0.05, 0.1) is 16.3 Å². The Bertz CT molecular complexity index is 1180. The van der Waals surface area contributed by atoms with Crippen LogP contribution in [0.25, 0.3) is 0 Å². The zero-order valence-electron chi connectivity index (χ0n) is 19.2. The van der Waals surface area contributed by atoms with Gasteiger partial charge in [-0.3, -0.25) is 19.4 Å².